The van der Waals surface area contributed by atoms with Gasteiger partial charge in [0.05, 0.1) is 21.3 Å². The first-order valence-electron chi connectivity index (χ1n) is 11.2. The zero-order valence-corrected chi connectivity index (χ0v) is 20.0. The summed E-state index contributed by atoms with van der Waals surface area (Å²) in [5, 5.41) is 8.25. The van der Waals surface area contributed by atoms with Crippen LogP contribution < -0.4 is 19.5 Å². The Morgan fingerprint density at radius 3 is 2.38 bits per heavy atom. The Hall–Kier alpha value is -3.81. The highest BCUT2D eigenvalue weighted by Crippen LogP contribution is 2.46. The minimum Gasteiger partial charge on any atom is -0.497 e. The average Bonchev–Trinajstić information content (AvgIpc) is 3.25. The summed E-state index contributed by atoms with van der Waals surface area (Å²) in [5.41, 5.74) is 3.24. The fourth-order valence-electron chi connectivity index (χ4n) is 4.80. The van der Waals surface area contributed by atoms with Crippen molar-refractivity contribution >= 4 is 11.7 Å². The molecule has 5 rings (SSSR count). The molecule has 1 aromatic heterocycles. The molecule has 0 unspecified atom stereocenters. The van der Waals surface area contributed by atoms with Gasteiger partial charge in [0.25, 0.3) is 0 Å². The van der Waals surface area contributed by atoms with E-state index in [9.17, 15) is 4.79 Å². The number of hydrogen-bond acceptors (Lipinski definition) is 7. The molecule has 34 heavy (non-hydrogen) atoms. The van der Waals surface area contributed by atoms with Crippen LogP contribution in [-0.2, 0) is 4.79 Å². The molecule has 0 amide bonds. The molecule has 0 saturated carbocycles. The summed E-state index contributed by atoms with van der Waals surface area (Å²) in [6, 6.07) is 12.9. The summed E-state index contributed by atoms with van der Waals surface area (Å²) >= 11 is 0. The number of Topliss-reactive ketones (excluding diaryl/α,β-unsaturated/α-hetero) is 1. The molecule has 1 atom stereocenters. The van der Waals surface area contributed by atoms with Gasteiger partial charge >= 0.3 is 0 Å². The van der Waals surface area contributed by atoms with Gasteiger partial charge in [-0.25, -0.2) is 4.68 Å². The number of hydrogen-bond donors (Lipinski definition) is 1. The number of benzene rings is 2. The third kappa shape index (κ3) is 3.69. The third-order valence-corrected chi connectivity index (χ3v) is 6.40. The van der Waals surface area contributed by atoms with Gasteiger partial charge < -0.3 is 19.5 Å². The molecular formula is C26H28N4O4. The molecule has 1 N–H and O–H groups in total. The van der Waals surface area contributed by atoms with E-state index >= 15 is 0 Å². The van der Waals surface area contributed by atoms with Crippen LogP contribution in [0, 0.1) is 5.41 Å². The van der Waals surface area contributed by atoms with Gasteiger partial charge in [0.1, 0.15) is 11.8 Å². The Kier molecular flexibility index (Phi) is 5.31. The smallest absolute Gasteiger partial charge is 0.226 e. The van der Waals surface area contributed by atoms with Crippen LogP contribution in [-0.4, -0.2) is 41.9 Å². The lowest BCUT2D eigenvalue weighted by molar-refractivity contribution is -0.118. The van der Waals surface area contributed by atoms with E-state index in [1.807, 2.05) is 42.5 Å². The number of nitrogens with one attached hydrogen (secondary N) is 1. The number of nitrogens with zero attached hydrogens (tertiary/aromatic N) is 3. The number of rotatable bonds is 5. The molecule has 3 aromatic rings. The van der Waals surface area contributed by atoms with Gasteiger partial charge in [-0.05, 0) is 53.8 Å². The van der Waals surface area contributed by atoms with Gasteiger partial charge in [-0.1, -0.05) is 19.9 Å². The Morgan fingerprint density at radius 1 is 0.971 bits per heavy atom. The Bertz CT molecular complexity index is 1290. The lowest BCUT2D eigenvalue weighted by atomic mass is 9.73. The van der Waals surface area contributed by atoms with Crippen LogP contribution >= 0.6 is 0 Å². The van der Waals surface area contributed by atoms with Gasteiger partial charge in [-0.3, -0.25) is 4.79 Å². The molecule has 0 radical (unpaired) electrons. The van der Waals surface area contributed by atoms with Crippen molar-refractivity contribution in [3.8, 4) is 28.6 Å². The molecule has 0 bridgehead atoms. The van der Waals surface area contributed by atoms with Gasteiger partial charge in [-0.15, -0.1) is 5.10 Å². The van der Waals surface area contributed by atoms with E-state index in [0.29, 0.717) is 29.7 Å². The minimum atomic E-state index is -0.422. The molecule has 2 aromatic carbocycles. The quantitative estimate of drug-likeness (QED) is 0.594. The van der Waals surface area contributed by atoms with E-state index < -0.39 is 6.04 Å². The highest BCUT2D eigenvalue weighted by molar-refractivity contribution is 6.00. The summed E-state index contributed by atoms with van der Waals surface area (Å²) in [5.74, 6) is 3.28. The lowest BCUT2D eigenvalue weighted by Gasteiger charge is -2.38. The van der Waals surface area contributed by atoms with Crippen molar-refractivity contribution in [2.75, 3.05) is 26.6 Å². The number of methoxy groups -OCH3 is 3. The van der Waals surface area contributed by atoms with E-state index in [4.69, 9.17) is 24.3 Å². The summed E-state index contributed by atoms with van der Waals surface area (Å²) in [6.07, 6.45) is 1.23. The SMILES string of the molecule is COc1ccc(-c2nc3n(n2)[C@H](c2ccc(OC)c(OC)c2)C2=C(CC(C)(C)CC2=O)N3)cc1. The molecule has 176 valence electrons. The summed E-state index contributed by atoms with van der Waals surface area (Å²) < 4.78 is 18.0. The largest absolute Gasteiger partial charge is 0.497 e. The van der Waals surface area contributed by atoms with Crippen molar-refractivity contribution in [1.82, 2.24) is 14.8 Å². The molecule has 1 aliphatic heterocycles. The van der Waals surface area contributed by atoms with Gasteiger partial charge in [0.15, 0.2) is 23.1 Å². The predicted molar refractivity (Wildman–Crippen MR) is 128 cm³/mol. The monoisotopic (exact) mass is 460 g/mol. The number of aromatic nitrogens is 3. The van der Waals surface area contributed by atoms with Crippen LogP contribution in [0.3, 0.4) is 0 Å². The average molecular weight is 461 g/mol. The molecule has 0 spiro atoms. The number of carbonyl (C=O) groups excluding carboxylic acids is 1. The standard InChI is InChI=1S/C26H28N4O4/c1-26(2)13-18-22(19(31)14-26)23(16-8-11-20(33-4)21(12-16)34-5)30-25(27-18)28-24(29-30)15-6-9-17(32-3)10-7-15/h6-12,23H,13-14H2,1-5H3,(H,27,28,29)/t23-/m1/s1. The van der Waals surface area contributed by atoms with Crippen LogP contribution in [0.1, 0.15) is 38.3 Å². The van der Waals surface area contributed by atoms with Crippen LogP contribution in [0.15, 0.2) is 53.7 Å². The van der Waals surface area contributed by atoms with E-state index in [1.54, 1.807) is 26.0 Å². The maximum Gasteiger partial charge on any atom is 0.226 e. The maximum atomic E-state index is 13.4. The van der Waals surface area contributed by atoms with Crippen LogP contribution in [0.25, 0.3) is 11.4 Å². The van der Waals surface area contributed by atoms with E-state index in [1.165, 1.54) is 0 Å². The van der Waals surface area contributed by atoms with Crippen molar-refractivity contribution in [2.24, 2.45) is 5.41 Å². The van der Waals surface area contributed by atoms with Crippen molar-refractivity contribution in [1.29, 1.82) is 0 Å². The fraction of sp³-hybridized carbons (Fsp3) is 0.346. The molecule has 8 nitrogen and oxygen atoms in total. The number of fused-ring (bicyclic) bond motifs is 1. The zero-order chi connectivity index (χ0) is 24.0. The Balaban J connectivity index is 1.66. The molecule has 8 heteroatoms. The van der Waals surface area contributed by atoms with Crippen LogP contribution in [0.5, 0.6) is 17.2 Å². The normalized spacial score (nSPS) is 18.6. The first kappa shape index (κ1) is 22.0. The molecule has 0 fully saturated rings. The highest BCUT2D eigenvalue weighted by Gasteiger charge is 2.42. The number of allylic oxidation sites excluding steroid dienone is 2. The Morgan fingerprint density at radius 2 is 1.71 bits per heavy atom. The van der Waals surface area contributed by atoms with Gasteiger partial charge in [0.2, 0.25) is 5.95 Å². The van der Waals surface area contributed by atoms with Crippen molar-refractivity contribution in [2.45, 2.75) is 32.7 Å². The number of ether oxygens (including phenoxy) is 3. The fourth-order valence-corrected chi connectivity index (χ4v) is 4.80. The summed E-state index contributed by atoms with van der Waals surface area (Å²) in [7, 11) is 4.84. The number of ketones is 1. The second kappa shape index (κ2) is 8.20. The molecular weight excluding hydrogens is 432 g/mol. The molecule has 0 saturated heterocycles. The molecule has 2 heterocycles. The van der Waals surface area contributed by atoms with E-state index in [-0.39, 0.29) is 11.2 Å². The van der Waals surface area contributed by atoms with Crippen molar-refractivity contribution in [3.63, 3.8) is 0 Å². The van der Waals surface area contributed by atoms with E-state index in [0.717, 1.165) is 34.6 Å². The van der Waals surface area contributed by atoms with Crippen LogP contribution in [0.2, 0.25) is 0 Å². The molecule has 2 aliphatic rings. The maximum absolute atomic E-state index is 13.4. The van der Waals surface area contributed by atoms with Crippen LogP contribution in [0.4, 0.5) is 5.95 Å². The van der Waals surface area contributed by atoms with E-state index in [2.05, 4.69) is 19.2 Å². The predicted octanol–water partition coefficient (Wildman–Crippen LogP) is 4.63. The summed E-state index contributed by atoms with van der Waals surface area (Å²) in [6.45, 7) is 4.23. The van der Waals surface area contributed by atoms with Crippen molar-refractivity contribution in [3.05, 3.63) is 59.3 Å². The first-order valence-corrected chi connectivity index (χ1v) is 11.2. The highest BCUT2D eigenvalue weighted by atomic mass is 16.5. The second-order valence-electron chi connectivity index (χ2n) is 9.41. The third-order valence-electron chi connectivity index (χ3n) is 6.40. The summed E-state index contributed by atoms with van der Waals surface area (Å²) in [4.78, 5) is 18.2. The molecule has 1 aliphatic carbocycles. The Labute approximate surface area is 198 Å². The van der Waals surface area contributed by atoms with Gasteiger partial charge in [0, 0.05) is 23.3 Å². The van der Waals surface area contributed by atoms with Gasteiger partial charge in [-0.2, -0.15) is 4.98 Å². The zero-order valence-electron chi connectivity index (χ0n) is 20.0. The minimum absolute atomic E-state index is 0.116. The number of anilines is 1. The van der Waals surface area contributed by atoms with Crippen molar-refractivity contribution < 1.29 is 19.0 Å². The lowest BCUT2D eigenvalue weighted by Crippen LogP contribution is -2.36. The first-order chi connectivity index (χ1) is 16.3. The topological polar surface area (TPSA) is 87.5 Å². The number of carbonyl (C=O) groups is 1. The second-order valence-corrected chi connectivity index (χ2v) is 9.41.